The van der Waals surface area contributed by atoms with Crippen molar-refractivity contribution in [1.82, 2.24) is 9.80 Å². The van der Waals surface area contributed by atoms with Gasteiger partial charge in [0.25, 0.3) is 5.91 Å². The van der Waals surface area contributed by atoms with E-state index in [4.69, 9.17) is 10.5 Å². The Labute approximate surface area is 127 Å². The van der Waals surface area contributed by atoms with Gasteiger partial charge in [-0.2, -0.15) is 0 Å². The Bertz CT molecular complexity index is 357. The molecule has 1 amide bonds. The van der Waals surface area contributed by atoms with Crippen molar-refractivity contribution < 1.29 is 9.53 Å². The smallest absolute Gasteiger partial charge is 0.252 e. The van der Waals surface area contributed by atoms with Gasteiger partial charge in [0.1, 0.15) is 6.10 Å². The second kappa shape index (κ2) is 7.07. The highest BCUT2D eigenvalue weighted by molar-refractivity contribution is 5.81. The maximum Gasteiger partial charge on any atom is 0.252 e. The van der Waals surface area contributed by atoms with Gasteiger partial charge in [-0.15, -0.1) is 0 Å². The van der Waals surface area contributed by atoms with Crippen molar-refractivity contribution in [3.8, 4) is 0 Å². The Morgan fingerprint density at radius 1 is 1.05 bits per heavy atom. The van der Waals surface area contributed by atoms with Crippen LogP contribution < -0.4 is 5.73 Å². The molecule has 3 aliphatic rings. The van der Waals surface area contributed by atoms with E-state index in [0.29, 0.717) is 12.6 Å². The normalized spacial score (nSPS) is 34.5. The van der Waals surface area contributed by atoms with Crippen molar-refractivity contribution in [3.05, 3.63) is 0 Å². The maximum absolute atomic E-state index is 12.7. The highest BCUT2D eigenvalue weighted by Crippen LogP contribution is 2.26. The summed E-state index contributed by atoms with van der Waals surface area (Å²) in [5.41, 5.74) is 5.64. The minimum absolute atomic E-state index is 0.0853. The highest BCUT2D eigenvalue weighted by atomic mass is 16.5. The minimum Gasteiger partial charge on any atom is -0.364 e. The largest absolute Gasteiger partial charge is 0.364 e. The number of hydrogen-bond donors (Lipinski definition) is 1. The summed E-state index contributed by atoms with van der Waals surface area (Å²) < 4.78 is 5.79. The van der Waals surface area contributed by atoms with Crippen LogP contribution in [0.5, 0.6) is 0 Å². The third-order valence-electron chi connectivity index (χ3n) is 5.22. The van der Waals surface area contributed by atoms with E-state index in [2.05, 4.69) is 9.80 Å². The summed E-state index contributed by atoms with van der Waals surface area (Å²) in [5, 5.41) is 0. The zero-order valence-electron chi connectivity index (χ0n) is 13.0. The van der Waals surface area contributed by atoms with Crippen LogP contribution in [-0.2, 0) is 9.53 Å². The third-order valence-corrected chi connectivity index (χ3v) is 5.22. The Morgan fingerprint density at radius 2 is 1.86 bits per heavy atom. The van der Waals surface area contributed by atoms with Crippen LogP contribution in [0.25, 0.3) is 0 Å². The molecule has 0 saturated carbocycles. The molecule has 3 atom stereocenters. The zero-order valence-corrected chi connectivity index (χ0v) is 13.0. The molecule has 3 heterocycles. The quantitative estimate of drug-likeness (QED) is 0.839. The molecule has 5 nitrogen and oxygen atoms in total. The van der Waals surface area contributed by atoms with Crippen molar-refractivity contribution in [2.24, 2.45) is 5.73 Å². The monoisotopic (exact) mass is 295 g/mol. The summed E-state index contributed by atoms with van der Waals surface area (Å²) in [6.45, 7) is 4.89. The third kappa shape index (κ3) is 3.58. The predicted octanol–water partition coefficient (Wildman–Crippen LogP) is 0.970. The molecule has 0 aromatic heterocycles. The van der Waals surface area contributed by atoms with Gasteiger partial charge in [0.05, 0.1) is 6.10 Å². The summed E-state index contributed by atoms with van der Waals surface area (Å²) in [5.74, 6) is 0.213. The van der Waals surface area contributed by atoms with E-state index in [0.717, 1.165) is 38.8 Å². The molecule has 5 heteroatoms. The van der Waals surface area contributed by atoms with Crippen molar-refractivity contribution >= 4 is 5.91 Å². The Morgan fingerprint density at radius 3 is 2.57 bits per heavy atom. The lowest BCUT2D eigenvalue weighted by Crippen LogP contribution is -2.48. The first-order valence-corrected chi connectivity index (χ1v) is 8.66. The lowest BCUT2D eigenvalue weighted by Gasteiger charge is -2.33. The number of hydrogen-bond acceptors (Lipinski definition) is 4. The molecule has 3 saturated heterocycles. The van der Waals surface area contributed by atoms with Gasteiger partial charge in [0.2, 0.25) is 0 Å². The Hall–Kier alpha value is -0.650. The molecule has 3 fully saturated rings. The van der Waals surface area contributed by atoms with Gasteiger partial charge in [-0.25, -0.2) is 0 Å². The fourth-order valence-electron chi connectivity index (χ4n) is 4.00. The van der Waals surface area contributed by atoms with Gasteiger partial charge in [0, 0.05) is 25.7 Å². The van der Waals surface area contributed by atoms with E-state index >= 15 is 0 Å². The standard InChI is InChI=1S/C16H29N3O2/c17-11-14-6-7-15(21-14)16(20)19-10-4-5-13(19)12-18-8-2-1-3-9-18/h13-15H,1-12,17H2/t13?,14-,15+/m1/s1. The van der Waals surface area contributed by atoms with Gasteiger partial charge >= 0.3 is 0 Å². The van der Waals surface area contributed by atoms with E-state index in [-0.39, 0.29) is 18.1 Å². The van der Waals surface area contributed by atoms with E-state index in [1.165, 1.54) is 32.4 Å². The van der Waals surface area contributed by atoms with Crippen LogP contribution in [0.3, 0.4) is 0 Å². The lowest BCUT2D eigenvalue weighted by molar-refractivity contribution is -0.144. The van der Waals surface area contributed by atoms with Crippen molar-refractivity contribution in [1.29, 1.82) is 0 Å². The maximum atomic E-state index is 12.7. The summed E-state index contributed by atoms with van der Waals surface area (Å²) in [6.07, 6.45) is 7.88. The van der Waals surface area contributed by atoms with Crippen LogP contribution in [0.1, 0.15) is 44.9 Å². The molecule has 0 aromatic rings. The Kier molecular flexibility index (Phi) is 5.14. The van der Waals surface area contributed by atoms with E-state index in [1.807, 2.05) is 0 Å². The first-order valence-electron chi connectivity index (χ1n) is 8.66. The molecule has 0 radical (unpaired) electrons. The number of rotatable bonds is 4. The second-order valence-electron chi connectivity index (χ2n) is 6.75. The number of nitrogens with zero attached hydrogens (tertiary/aromatic N) is 2. The number of carbonyl (C=O) groups is 1. The molecule has 3 rings (SSSR count). The molecule has 21 heavy (non-hydrogen) atoms. The number of nitrogens with two attached hydrogens (primary N) is 1. The summed E-state index contributed by atoms with van der Waals surface area (Å²) in [6, 6.07) is 0.399. The van der Waals surface area contributed by atoms with Crippen molar-refractivity contribution in [3.63, 3.8) is 0 Å². The molecule has 2 N–H and O–H groups in total. The fourth-order valence-corrected chi connectivity index (χ4v) is 4.00. The van der Waals surface area contributed by atoms with Crippen molar-refractivity contribution in [2.45, 2.75) is 63.2 Å². The molecular weight excluding hydrogens is 266 g/mol. The SMILES string of the molecule is NC[C@H]1CC[C@@H](C(=O)N2CCCC2CN2CCCCC2)O1. The van der Waals surface area contributed by atoms with E-state index in [9.17, 15) is 4.79 Å². The first-order chi connectivity index (χ1) is 10.3. The predicted molar refractivity (Wildman–Crippen MR) is 82.0 cm³/mol. The molecule has 0 spiro atoms. The fraction of sp³-hybridized carbons (Fsp3) is 0.938. The average Bonchev–Trinajstić information content (AvgIpc) is 3.16. The first kappa shape index (κ1) is 15.3. The summed E-state index contributed by atoms with van der Waals surface area (Å²) in [7, 11) is 0. The van der Waals surface area contributed by atoms with Crippen LogP contribution in [0.4, 0.5) is 0 Å². The van der Waals surface area contributed by atoms with Crippen molar-refractivity contribution in [2.75, 3.05) is 32.7 Å². The molecular formula is C16H29N3O2. The molecule has 3 aliphatic heterocycles. The minimum atomic E-state index is -0.236. The van der Waals surface area contributed by atoms with Gasteiger partial charge in [-0.05, 0) is 51.6 Å². The van der Waals surface area contributed by atoms with Gasteiger partial charge in [0.15, 0.2) is 0 Å². The van der Waals surface area contributed by atoms with Crippen LogP contribution in [-0.4, -0.2) is 66.7 Å². The molecule has 0 aromatic carbocycles. The van der Waals surface area contributed by atoms with Gasteiger partial charge in [-0.3, -0.25) is 4.79 Å². The zero-order chi connectivity index (χ0) is 14.7. The lowest BCUT2D eigenvalue weighted by atomic mass is 10.1. The number of ether oxygens (including phenoxy) is 1. The summed E-state index contributed by atoms with van der Waals surface area (Å²) >= 11 is 0. The topological polar surface area (TPSA) is 58.8 Å². The van der Waals surface area contributed by atoms with E-state index < -0.39 is 0 Å². The number of likely N-dealkylation sites (tertiary alicyclic amines) is 2. The van der Waals surface area contributed by atoms with Crippen LogP contribution in [0.2, 0.25) is 0 Å². The second-order valence-corrected chi connectivity index (χ2v) is 6.75. The number of amides is 1. The number of carbonyl (C=O) groups excluding carboxylic acids is 1. The van der Waals surface area contributed by atoms with Gasteiger partial charge in [-0.1, -0.05) is 6.42 Å². The molecule has 120 valence electrons. The average molecular weight is 295 g/mol. The molecule has 0 bridgehead atoms. The highest BCUT2D eigenvalue weighted by Gasteiger charge is 2.38. The molecule has 1 unspecified atom stereocenters. The van der Waals surface area contributed by atoms with Crippen LogP contribution in [0, 0.1) is 0 Å². The molecule has 0 aliphatic carbocycles. The van der Waals surface area contributed by atoms with Crippen LogP contribution >= 0.6 is 0 Å². The number of piperidine rings is 1. The van der Waals surface area contributed by atoms with Gasteiger partial charge < -0.3 is 20.3 Å². The van der Waals surface area contributed by atoms with Crippen LogP contribution in [0.15, 0.2) is 0 Å². The Balaban J connectivity index is 1.54. The summed E-state index contributed by atoms with van der Waals surface area (Å²) in [4.78, 5) is 17.3. The van der Waals surface area contributed by atoms with E-state index in [1.54, 1.807) is 0 Å².